The predicted octanol–water partition coefficient (Wildman–Crippen LogP) is 1.44. The van der Waals surface area contributed by atoms with Crippen molar-refractivity contribution in [3.8, 4) is 0 Å². The Morgan fingerprint density at radius 2 is 2.31 bits per heavy atom. The van der Waals surface area contributed by atoms with Crippen molar-refractivity contribution in [2.24, 2.45) is 0 Å². The molecule has 0 aromatic heterocycles. The monoisotopic (exact) mass is 180 g/mol. The number of allylic oxidation sites excluding steroid dienone is 3. The van der Waals surface area contributed by atoms with Gasteiger partial charge in [0.1, 0.15) is 0 Å². The van der Waals surface area contributed by atoms with Gasteiger partial charge in [-0.05, 0) is 38.8 Å². The SMILES string of the molecule is OCCCNCCC1=CC[CH]C=C1. The minimum absolute atomic E-state index is 0.282. The molecule has 0 bridgehead atoms. The van der Waals surface area contributed by atoms with Crippen molar-refractivity contribution in [2.45, 2.75) is 19.3 Å². The van der Waals surface area contributed by atoms with E-state index in [-0.39, 0.29) is 6.61 Å². The first-order chi connectivity index (χ1) is 6.43. The molecule has 2 N–H and O–H groups in total. The van der Waals surface area contributed by atoms with Crippen LogP contribution in [0.5, 0.6) is 0 Å². The van der Waals surface area contributed by atoms with Gasteiger partial charge in [0.25, 0.3) is 0 Å². The number of aliphatic hydroxyl groups excluding tert-OH is 1. The average molecular weight is 180 g/mol. The Kier molecular flexibility index (Phi) is 5.54. The van der Waals surface area contributed by atoms with E-state index in [4.69, 9.17) is 5.11 Å². The maximum atomic E-state index is 8.55. The molecule has 73 valence electrons. The van der Waals surface area contributed by atoms with Crippen molar-refractivity contribution in [3.05, 3.63) is 30.2 Å². The fourth-order valence-electron chi connectivity index (χ4n) is 1.30. The molecule has 2 nitrogen and oxygen atoms in total. The zero-order valence-corrected chi connectivity index (χ0v) is 8.00. The topological polar surface area (TPSA) is 32.3 Å². The van der Waals surface area contributed by atoms with Gasteiger partial charge in [-0.3, -0.25) is 0 Å². The molecule has 0 unspecified atom stereocenters. The van der Waals surface area contributed by atoms with Crippen molar-refractivity contribution < 1.29 is 5.11 Å². The molecular formula is C11H18NO. The van der Waals surface area contributed by atoms with E-state index in [2.05, 4.69) is 30.0 Å². The molecule has 1 radical (unpaired) electrons. The Bertz CT molecular complexity index is 185. The highest BCUT2D eigenvalue weighted by Crippen LogP contribution is 2.11. The normalized spacial score (nSPS) is 15.9. The van der Waals surface area contributed by atoms with E-state index in [1.165, 1.54) is 5.57 Å². The van der Waals surface area contributed by atoms with Crippen LogP contribution >= 0.6 is 0 Å². The van der Waals surface area contributed by atoms with Crippen LogP contribution < -0.4 is 5.32 Å². The van der Waals surface area contributed by atoms with Gasteiger partial charge in [0.15, 0.2) is 0 Å². The lowest BCUT2D eigenvalue weighted by molar-refractivity contribution is 0.286. The van der Waals surface area contributed by atoms with Gasteiger partial charge in [-0.1, -0.05) is 23.8 Å². The van der Waals surface area contributed by atoms with E-state index in [0.717, 1.165) is 32.4 Å². The second-order valence-electron chi connectivity index (χ2n) is 3.19. The van der Waals surface area contributed by atoms with Gasteiger partial charge in [0.05, 0.1) is 0 Å². The third-order valence-electron chi connectivity index (χ3n) is 2.06. The van der Waals surface area contributed by atoms with Crippen molar-refractivity contribution in [1.29, 1.82) is 0 Å². The highest BCUT2D eigenvalue weighted by Gasteiger charge is 1.96. The summed E-state index contributed by atoms with van der Waals surface area (Å²) in [6.07, 6.45) is 11.7. The second-order valence-corrected chi connectivity index (χ2v) is 3.19. The fourth-order valence-corrected chi connectivity index (χ4v) is 1.30. The standard InChI is InChI=1S/C11H18NO/c13-10-4-8-12-9-7-11-5-2-1-3-6-11/h1-2,5-6,12-13H,3-4,7-10H2. The average Bonchev–Trinajstić information content (AvgIpc) is 2.19. The maximum absolute atomic E-state index is 8.55. The van der Waals surface area contributed by atoms with Gasteiger partial charge in [-0.15, -0.1) is 0 Å². The largest absolute Gasteiger partial charge is 0.396 e. The zero-order chi connectivity index (χ0) is 9.36. The molecule has 13 heavy (non-hydrogen) atoms. The van der Waals surface area contributed by atoms with Crippen LogP contribution in [0, 0.1) is 6.42 Å². The first kappa shape index (κ1) is 10.5. The molecule has 0 aromatic carbocycles. The Labute approximate surface area is 80.3 Å². The number of aliphatic hydroxyl groups is 1. The van der Waals surface area contributed by atoms with Crippen LogP contribution in [0.2, 0.25) is 0 Å². The molecule has 0 heterocycles. The minimum atomic E-state index is 0.282. The van der Waals surface area contributed by atoms with Crippen molar-refractivity contribution in [2.75, 3.05) is 19.7 Å². The van der Waals surface area contributed by atoms with Crippen LogP contribution in [-0.2, 0) is 0 Å². The summed E-state index contributed by atoms with van der Waals surface area (Å²) in [6.45, 7) is 2.21. The Balaban J connectivity index is 1.99. The van der Waals surface area contributed by atoms with Gasteiger partial charge in [-0.2, -0.15) is 0 Å². The molecule has 2 heteroatoms. The number of nitrogens with one attached hydrogen (secondary N) is 1. The molecule has 0 aliphatic heterocycles. The molecule has 0 aromatic rings. The third kappa shape index (κ3) is 4.86. The fraction of sp³-hybridized carbons (Fsp3) is 0.545. The summed E-state index contributed by atoms with van der Waals surface area (Å²) in [5.74, 6) is 0. The van der Waals surface area contributed by atoms with Crippen molar-refractivity contribution in [1.82, 2.24) is 5.32 Å². The molecular weight excluding hydrogens is 162 g/mol. The minimum Gasteiger partial charge on any atom is -0.396 e. The van der Waals surface area contributed by atoms with Gasteiger partial charge >= 0.3 is 0 Å². The molecule has 0 saturated heterocycles. The molecule has 0 amide bonds. The predicted molar refractivity (Wildman–Crippen MR) is 55.3 cm³/mol. The maximum Gasteiger partial charge on any atom is 0.0443 e. The number of hydrogen-bond acceptors (Lipinski definition) is 2. The van der Waals surface area contributed by atoms with E-state index >= 15 is 0 Å². The van der Waals surface area contributed by atoms with Crippen LogP contribution in [0.4, 0.5) is 0 Å². The van der Waals surface area contributed by atoms with Gasteiger partial charge in [-0.25, -0.2) is 0 Å². The van der Waals surface area contributed by atoms with E-state index in [9.17, 15) is 0 Å². The van der Waals surface area contributed by atoms with E-state index in [1.54, 1.807) is 0 Å². The van der Waals surface area contributed by atoms with Gasteiger partial charge < -0.3 is 10.4 Å². The highest BCUT2D eigenvalue weighted by atomic mass is 16.3. The smallest absolute Gasteiger partial charge is 0.0443 e. The summed E-state index contributed by atoms with van der Waals surface area (Å²) >= 11 is 0. The van der Waals surface area contributed by atoms with E-state index in [1.807, 2.05) is 0 Å². The first-order valence-corrected chi connectivity index (χ1v) is 4.94. The molecule has 1 aliphatic carbocycles. The van der Waals surface area contributed by atoms with E-state index in [0.29, 0.717) is 0 Å². The van der Waals surface area contributed by atoms with Gasteiger partial charge in [0, 0.05) is 6.61 Å². The summed E-state index contributed by atoms with van der Waals surface area (Å²) in [5, 5.41) is 11.8. The van der Waals surface area contributed by atoms with Crippen molar-refractivity contribution >= 4 is 0 Å². The third-order valence-corrected chi connectivity index (χ3v) is 2.06. The van der Waals surface area contributed by atoms with Crippen LogP contribution in [0.3, 0.4) is 0 Å². The second kappa shape index (κ2) is 6.87. The zero-order valence-electron chi connectivity index (χ0n) is 8.00. The lowest BCUT2D eigenvalue weighted by Gasteiger charge is -2.07. The molecule has 0 saturated carbocycles. The quantitative estimate of drug-likeness (QED) is 0.606. The number of rotatable bonds is 6. The van der Waals surface area contributed by atoms with Crippen LogP contribution in [0.1, 0.15) is 19.3 Å². The molecule has 0 spiro atoms. The van der Waals surface area contributed by atoms with Crippen molar-refractivity contribution in [3.63, 3.8) is 0 Å². The lowest BCUT2D eigenvalue weighted by Crippen LogP contribution is -2.17. The molecule has 0 atom stereocenters. The summed E-state index contributed by atoms with van der Waals surface area (Å²) in [5.41, 5.74) is 1.42. The van der Waals surface area contributed by atoms with E-state index < -0.39 is 0 Å². The lowest BCUT2D eigenvalue weighted by atomic mass is 10.0. The Hall–Kier alpha value is -0.600. The van der Waals surface area contributed by atoms with Gasteiger partial charge in [0.2, 0.25) is 0 Å². The molecule has 0 fully saturated rings. The van der Waals surface area contributed by atoms with Crippen LogP contribution in [-0.4, -0.2) is 24.8 Å². The first-order valence-electron chi connectivity index (χ1n) is 4.94. The van der Waals surface area contributed by atoms with Crippen LogP contribution in [0.15, 0.2) is 23.8 Å². The highest BCUT2D eigenvalue weighted by molar-refractivity contribution is 5.26. The summed E-state index contributed by atoms with van der Waals surface area (Å²) in [4.78, 5) is 0. The Morgan fingerprint density at radius 1 is 1.38 bits per heavy atom. The summed E-state index contributed by atoms with van der Waals surface area (Å²) in [6, 6.07) is 0. The summed E-state index contributed by atoms with van der Waals surface area (Å²) in [7, 11) is 0. The Morgan fingerprint density at radius 3 is 3.00 bits per heavy atom. The number of hydrogen-bond donors (Lipinski definition) is 2. The molecule has 1 rings (SSSR count). The summed E-state index contributed by atoms with van der Waals surface area (Å²) < 4.78 is 0. The van der Waals surface area contributed by atoms with Crippen LogP contribution in [0.25, 0.3) is 0 Å². The molecule has 1 aliphatic rings.